The van der Waals surface area contributed by atoms with Gasteiger partial charge in [-0.05, 0) is 6.92 Å². The molecule has 1 unspecified atom stereocenters. The molecule has 0 aliphatic carbocycles. The molecule has 17 heavy (non-hydrogen) atoms. The van der Waals surface area contributed by atoms with Crippen molar-refractivity contribution in [2.75, 3.05) is 20.8 Å². The van der Waals surface area contributed by atoms with Crippen LogP contribution in [0.4, 0.5) is 0 Å². The summed E-state index contributed by atoms with van der Waals surface area (Å²) in [5.74, 6) is 0.663. The Labute approximate surface area is 102 Å². The van der Waals surface area contributed by atoms with Gasteiger partial charge in [0.1, 0.15) is 5.82 Å². The van der Waals surface area contributed by atoms with Gasteiger partial charge in [-0.3, -0.25) is 0 Å². The van der Waals surface area contributed by atoms with Crippen molar-refractivity contribution >= 4 is 10.0 Å². The Morgan fingerprint density at radius 2 is 2.24 bits per heavy atom. The third-order valence-electron chi connectivity index (χ3n) is 2.63. The van der Waals surface area contributed by atoms with Crippen molar-refractivity contribution in [3.8, 4) is 0 Å². The maximum Gasteiger partial charge on any atom is 0.260 e. The number of ether oxygens (including phenoxy) is 1. The van der Waals surface area contributed by atoms with Crippen LogP contribution in [0.15, 0.2) is 11.2 Å². The van der Waals surface area contributed by atoms with E-state index < -0.39 is 10.0 Å². The molecule has 0 radical (unpaired) electrons. The lowest BCUT2D eigenvalue weighted by Crippen LogP contribution is -2.37. The van der Waals surface area contributed by atoms with Gasteiger partial charge in [-0.1, -0.05) is 6.92 Å². The van der Waals surface area contributed by atoms with Crippen LogP contribution in [-0.4, -0.2) is 49.5 Å². The number of H-pyrrole nitrogens is 1. The minimum Gasteiger partial charge on any atom is -0.383 e. The van der Waals surface area contributed by atoms with Gasteiger partial charge in [-0.25, -0.2) is 13.4 Å². The summed E-state index contributed by atoms with van der Waals surface area (Å²) < 4.78 is 30.6. The maximum absolute atomic E-state index is 12.2. The Morgan fingerprint density at radius 1 is 1.59 bits per heavy atom. The molecule has 98 valence electrons. The summed E-state index contributed by atoms with van der Waals surface area (Å²) in [5.41, 5.74) is 0. The predicted octanol–water partition coefficient (Wildman–Crippen LogP) is 0.627. The Bertz CT molecular complexity index is 455. The third kappa shape index (κ3) is 3.05. The molecule has 0 spiro atoms. The van der Waals surface area contributed by atoms with E-state index in [1.807, 2.05) is 6.92 Å². The van der Waals surface area contributed by atoms with Crippen LogP contribution in [0.1, 0.15) is 19.7 Å². The van der Waals surface area contributed by atoms with Gasteiger partial charge in [-0.2, -0.15) is 4.31 Å². The van der Waals surface area contributed by atoms with Gasteiger partial charge in [0, 0.05) is 26.6 Å². The molecule has 0 fully saturated rings. The van der Waals surface area contributed by atoms with Crippen LogP contribution < -0.4 is 0 Å². The highest BCUT2D eigenvalue weighted by atomic mass is 32.2. The lowest BCUT2D eigenvalue weighted by Gasteiger charge is -2.22. The topological polar surface area (TPSA) is 75.3 Å². The Kier molecular flexibility index (Phi) is 4.67. The van der Waals surface area contributed by atoms with Gasteiger partial charge in [0.15, 0.2) is 5.03 Å². The first-order valence-electron chi connectivity index (χ1n) is 5.44. The zero-order valence-electron chi connectivity index (χ0n) is 10.6. The fourth-order valence-corrected chi connectivity index (χ4v) is 2.67. The zero-order chi connectivity index (χ0) is 13.1. The molecule has 0 aliphatic rings. The van der Waals surface area contributed by atoms with Crippen LogP contribution in [0.5, 0.6) is 0 Å². The van der Waals surface area contributed by atoms with Crippen molar-refractivity contribution < 1.29 is 13.2 Å². The number of nitrogens with zero attached hydrogens (tertiary/aromatic N) is 2. The number of methoxy groups -OCH3 is 1. The number of rotatable bonds is 6. The lowest BCUT2D eigenvalue weighted by molar-refractivity contribution is 0.149. The molecule has 0 saturated carbocycles. The summed E-state index contributed by atoms with van der Waals surface area (Å²) in [6.45, 7) is 4.05. The van der Waals surface area contributed by atoms with Crippen molar-refractivity contribution in [2.24, 2.45) is 0 Å². The largest absolute Gasteiger partial charge is 0.383 e. The highest BCUT2D eigenvalue weighted by Crippen LogP contribution is 2.14. The number of sulfonamides is 1. The highest BCUT2D eigenvalue weighted by Gasteiger charge is 2.26. The van der Waals surface area contributed by atoms with Crippen molar-refractivity contribution in [1.82, 2.24) is 14.3 Å². The number of hydrogen-bond acceptors (Lipinski definition) is 4. The van der Waals surface area contributed by atoms with Gasteiger partial charge in [0.25, 0.3) is 10.0 Å². The van der Waals surface area contributed by atoms with E-state index in [2.05, 4.69) is 9.97 Å². The molecule has 1 atom stereocenters. The minimum absolute atomic E-state index is 0.125. The highest BCUT2D eigenvalue weighted by molar-refractivity contribution is 7.89. The first-order valence-corrected chi connectivity index (χ1v) is 6.88. The van der Waals surface area contributed by atoms with E-state index in [4.69, 9.17) is 4.74 Å². The summed E-state index contributed by atoms with van der Waals surface area (Å²) in [6, 6.07) is -0.224. The standard InChI is InChI=1S/C10H19N3O3S/c1-5-9-11-6-10(12-9)17(14,15)13(3)8(2)7-16-4/h6,8H,5,7H2,1-4H3,(H,11,12). The molecule has 1 heterocycles. The molecule has 1 rings (SSSR count). The van der Waals surface area contributed by atoms with Gasteiger partial charge in [0.2, 0.25) is 0 Å². The molecular formula is C10H19N3O3S. The average molecular weight is 261 g/mol. The molecular weight excluding hydrogens is 242 g/mol. The lowest BCUT2D eigenvalue weighted by atomic mass is 10.4. The monoisotopic (exact) mass is 261 g/mol. The maximum atomic E-state index is 12.2. The summed E-state index contributed by atoms with van der Waals surface area (Å²) in [7, 11) is -0.437. The van der Waals surface area contributed by atoms with E-state index in [1.54, 1.807) is 14.0 Å². The Morgan fingerprint density at radius 3 is 2.71 bits per heavy atom. The van der Waals surface area contributed by atoms with Crippen molar-refractivity contribution in [3.05, 3.63) is 12.0 Å². The van der Waals surface area contributed by atoms with Crippen molar-refractivity contribution in [1.29, 1.82) is 0 Å². The smallest absolute Gasteiger partial charge is 0.260 e. The second-order valence-electron chi connectivity index (χ2n) is 3.87. The summed E-state index contributed by atoms with van der Waals surface area (Å²) >= 11 is 0. The van der Waals surface area contributed by atoms with Crippen LogP contribution in [0, 0.1) is 0 Å². The zero-order valence-corrected chi connectivity index (χ0v) is 11.4. The molecule has 6 nitrogen and oxygen atoms in total. The van der Waals surface area contributed by atoms with E-state index in [-0.39, 0.29) is 11.1 Å². The van der Waals surface area contributed by atoms with Crippen LogP contribution in [-0.2, 0) is 21.2 Å². The quantitative estimate of drug-likeness (QED) is 0.815. The summed E-state index contributed by atoms with van der Waals surface area (Å²) in [5, 5.41) is 0.125. The van der Waals surface area contributed by atoms with Crippen molar-refractivity contribution in [2.45, 2.75) is 31.3 Å². The van der Waals surface area contributed by atoms with Gasteiger partial charge in [0.05, 0.1) is 12.8 Å². The van der Waals surface area contributed by atoms with E-state index in [0.29, 0.717) is 18.9 Å². The molecule has 0 amide bonds. The number of imidazole rings is 1. The number of aromatic nitrogens is 2. The number of hydrogen-bond donors (Lipinski definition) is 1. The number of likely N-dealkylation sites (N-methyl/N-ethyl adjacent to an activating group) is 1. The molecule has 7 heteroatoms. The fourth-order valence-electron chi connectivity index (χ4n) is 1.39. The van der Waals surface area contributed by atoms with E-state index in [9.17, 15) is 8.42 Å². The van der Waals surface area contributed by atoms with E-state index in [0.717, 1.165) is 0 Å². The third-order valence-corrected chi connectivity index (χ3v) is 4.51. The average Bonchev–Trinajstić information content (AvgIpc) is 2.77. The van der Waals surface area contributed by atoms with Crippen molar-refractivity contribution in [3.63, 3.8) is 0 Å². The molecule has 1 N–H and O–H groups in total. The first kappa shape index (κ1) is 14.1. The fraction of sp³-hybridized carbons (Fsp3) is 0.700. The van der Waals surface area contributed by atoms with Crippen LogP contribution in [0.3, 0.4) is 0 Å². The minimum atomic E-state index is -3.51. The predicted molar refractivity (Wildman–Crippen MR) is 64.3 cm³/mol. The van der Waals surface area contributed by atoms with E-state index >= 15 is 0 Å². The van der Waals surface area contributed by atoms with Gasteiger partial charge < -0.3 is 9.72 Å². The van der Waals surface area contributed by atoms with Crippen LogP contribution in [0.2, 0.25) is 0 Å². The first-order chi connectivity index (χ1) is 7.93. The van der Waals surface area contributed by atoms with Crippen LogP contribution >= 0.6 is 0 Å². The van der Waals surface area contributed by atoms with Crippen LogP contribution in [0.25, 0.3) is 0 Å². The molecule has 0 bridgehead atoms. The Balaban J connectivity index is 2.94. The molecule has 0 aromatic carbocycles. The summed E-state index contributed by atoms with van der Waals surface area (Å²) in [4.78, 5) is 6.80. The molecule has 0 aliphatic heterocycles. The SMILES string of the molecule is CCc1ncc(S(=O)(=O)N(C)C(C)COC)[nH]1. The number of nitrogens with one attached hydrogen (secondary N) is 1. The van der Waals surface area contributed by atoms with Gasteiger partial charge in [-0.15, -0.1) is 0 Å². The Hall–Kier alpha value is -0.920. The van der Waals surface area contributed by atoms with E-state index in [1.165, 1.54) is 17.5 Å². The van der Waals surface area contributed by atoms with Gasteiger partial charge >= 0.3 is 0 Å². The molecule has 0 saturated heterocycles. The molecule has 1 aromatic heterocycles. The number of aryl methyl sites for hydroxylation is 1. The second kappa shape index (κ2) is 5.61. The summed E-state index contributed by atoms with van der Waals surface area (Å²) in [6.07, 6.45) is 2.02. The number of aromatic amines is 1. The second-order valence-corrected chi connectivity index (χ2v) is 5.84. The normalized spacial score (nSPS) is 14.2. The molecule has 1 aromatic rings.